The molecule has 0 spiro atoms. The van der Waals surface area contributed by atoms with Crippen molar-refractivity contribution < 1.29 is 23.9 Å². The van der Waals surface area contributed by atoms with Gasteiger partial charge in [0, 0.05) is 51.8 Å². The zero-order chi connectivity index (χ0) is 24.5. The summed E-state index contributed by atoms with van der Waals surface area (Å²) in [6.07, 6.45) is 0.916. The minimum absolute atomic E-state index is 0.0193. The van der Waals surface area contributed by atoms with E-state index in [2.05, 4.69) is 10.6 Å². The second-order valence-corrected chi connectivity index (χ2v) is 8.59. The van der Waals surface area contributed by atoms with Crippen molar-refractivity contribution in [3.8, 4) is 5.75 Å². The van der Waals surface area contributed by atoms with Crippen LogP contribution in [-0.2, 0) is 9.53 Å². The van der Waals surface area contributed by atoms with Gasteiger partial charge in [-0.3, -0.25) is 9.59 Å². The highest BCUT2D eigenvalue weighted by Crippen LogP contribution is 2.26. The van der Waals surface area contributed by atoms with Crippen LogP contribution in [0.3, 0.4) is 0 Å². The molecule has 4 amide bonds. The maximum atomic E-state index is 13.3. The number of nitrogens with zero attached hydrogens (tertiary/aromatic N) is 2. The number of amides is 4. The molecule has 184 valence electrons. The van der Waals surface area contributed by atoms with Gasteiger partial charge in [0.2, 0.25) is 5.91 Å². The van der Waals surface area contributed by atoms with E-state index >= 15 is 0 Å². The lowest BCUT2D eigenvalue weighted by Crippen LogP contribution is -2.51. The van der Waals surface area contributed by atoms with Crippen molar-refractivity contribution in [2.75, 3.05) is 45.7 Å². The van der Waals surface area contributed by atoms with Gasteiger partial charge in [0.15, 0.2) is 0 Å². The minimum atomic E-state index is -0.264. The summed E-state index contributed by atoms with van der Waals surface area (Å²) in [5.74, 6) is 0.0249. The molecule has 2 rings (SSSR count). The zero-order valence-corrected chi connectivity index (χ0v) is 20.6. The Kier molecular flexibility index (Phi) is 9.96. The normalized spacial score (nSPS) is 21.9. The SMILES string of the molecule is CCCNC(=O)N1C[C@H](C)[C@@H](OC)CN(C)C(=O)c2cc(NC(=O)CC)ccc2OC[C@@H]1C. The molecule has 0 saturated carbocycles. The Balaban J connectivity index is 2.42. The third-order valence-electron chi connectivity index (χ3n) is 5.84. The van der Waals surface area contributed by atoms with Gasteiger partial charge >= 0.3 is 6.03 Å². The fraction of sp³-hybridized carbons (Fsp3) is 0.625. The summed E-state index contributed by atoms with van der Waals surface area (Å²) in [6, 6.07) is 4.65. The number of fused-ring (bicyclic) bond motifs is 1. The molecule has 1 aliphatic heterocycles. The average molecular weight is 463 g/mol. The largest absolute Gasteiger partial charge is 0.491 e. The Bertz CT molecular complexity index is 831. The summed E-state index contributed by atoms with van der Waals surface area (Å²) < 4.78 is 11.7. The molecule has 1 aromatic rings. The minimum Gasteiger partial charge on any atom is -0.491 e. The molecule has 1 aliphatic rings. The van der Waals surface area contributed by atoms with Crippen molar-refractivity contribution in [2.24, 2.45) is 5.92 Å². The lowest BCUT2D eigenvalue weighted by molar-refractivity contribution is -0.115. The van der Waals surface area contributed by atoms with Gasteiger partial charge in [-0.1, -0.05) is 20.8 Å². The maximum absolute atomic E-state index is 13.3. The second-order valence-electron chi connectivity index (χ2n) is 8.59. The highest BCUT2D eigenvalue weighted by molar-refractivity contribution is 5.99. The van der Waals surface area contributed by atoms with E-state index in [1.807, 2.05) is 20.8 Å². The molecule has 9 nitrogen and oxygen atoms in total. The highest BCUT2D eigenvalue weighted by Gasteiger charge is 2.30. The average Bonchev–Trinajstić information content (AvgIpc) is 2.81. The molecule has 3 atom stereocenters. The predicted molar refractivity (Wildman–Crippen MR) is 128 cm³/mol. The third kappa shape index (κ3) is 7.08. The summed E-state index contributed by atoms with van der Waals surface area (Å²) in [5, 5.41) is 5.74. The van der Waals surface area contributed by atoms with Crippen LogP contribution in [0, 0.1) is 5.92 Å². The van der Waals surface area contributed by atoms with E-state index in [1.54, 1.807) is 49.1 Å². The quantitative estimate of drug-likeness (QED) is 0.701. The first-order valence-electron chi connectivity index (χ1n) is 11.6. The van der Waals surface area contributed by atoms with E-state index in [0.29, 0.717) is 43.1 Å². The monoisotopic (exact) mass is 462 g/mol. The molecular weight excluding hydrogens is 424 g/mol. The summed E-state index contributed by atoms with van der Waals surface area (Å²) >= 11 is 0. The van der Waals surface area contributed by atoms with Crippen molar-refractivity contribution in [1.29, 1.82) is 0 Å². The first-order chi connectivity index (χ1) is 15.7. The van der Waals surface area contributed by atoms with Gasteiger partial charge in [0.25, 0.3) is 5.91 Å². The van der Waals surface area contributed by atoms with Gasteiger partial charge in [-0.2, -0.15) is 0 Å². The smallest absolute Gasteiger partial charge is 0.317 e. The molecule has 2 N–H and O–H groups in total. The number of methoxy groups -OCH3 is 1. The summed E-state index contributed by atoms with van der Waals surface area (Å²) in [6.45, 7) is 9.34. The molecule has 33 heavy (non-hydrogen) atoms. The number of carbonyl (C=O) groups is 3. The van der Waals surface area contributed by atoms with Crippen molar-refractivity contribution >= 4 is 23.5 Å². The van der Waals surface area contributed by atoms with Crippen LogP contribution in [0.4, 0.5) is 10.5 Å². The number of rotatable bonds is 5. The van der Waals surface area contributed by atoms with Crippen molar-refractivity contribution in [3.63, 3.8) is 0 Å². The number of carbonyl (C=O) groups excluding carboxylic acids is 3. The molecule has 0 saturated heterocycles. The summed E-state index contributed by atoms with van der Waals surface area (Å²) in [5.41, 5.74) is 0.881. The van der Waals surface area contributed by atoms with E-state index in [0.717, 1.165) is 6.42 Å². The topological polar surface area (TPSA) is 100 Å². The Morgan fingerprint density at radius 1 is 1.21 bits per heavy atom. The lowest BCUT2D eigenvalue weighted by Gasteiger charge is -2.36. The molecule has 0 bridgehead atoms. The van der Waals surface area contributed by atoms with Crippen molar-refractivity contribution in [1.82, 2.24) is 15.1 Å². The number of ether oxygens (including phenoxy) is 2. The number of nitrogens with one attached hydrogen (secondary N) is 2. The molecule has 0 radical (unpaired) electrons. The van der Waals surface area contributed by atoms with E-state index in [1.165, 1.54) is 0 Å². The fourth-order valence-electron chi connectivity index (χ4n) is 3.72. The van der Waals surface area contributed by atoms with Gasteiger partial charge in [0.1, 0.15) is 12.4 Å². The van der Waals surface area contributed by atoms with Crippen LogP contribution in [0.25, 0.3) is 0 Å². The van der Waals surface area contributed by atoms with Crippen LogP contribution in [0.2, 0.25) is 0 Å². The van der Waals surface area contributed by atoms with Crippen LogP contribution in [0.5, 0.6) is 5.75 Å². The van der Waals surface area contributed by atoms with E-state index in [9.17, 15) is 14.4 Å². The van der Waals surface area contributed by atoms with Crippen LogP contribution in [0.1, 0.15) is 50.9 Å². The van der Waals surface area contributed by atoms with Crippen LogP contribution in [0.15, 0.2) is 18.2 Å². The Labute approximate surface area is 196 Å². The van der Waals surface area contributed by atoms with Gasteiger partial charge in [-0.25, -0.2) is 4.79 Å². The Hall–Kier alpha value is -2.81. The van der Waals surface area contributed by atoms with Gasteiger partial charge < -0.3 is 29.9 Å². The first-order valence-corrected chi connectivity index (χ1v) is 11.6. The van der Waals surface area contributed by atoms with Crippen LogP contribution >= 0.6 is 0 Å². The number of likely N-dealkylation sites (N-methyl/N-ethyl adjacent to an activating group) is 1. The molecular formula is C24H38N4O5. The predicted octanol–water partition coefficient (Wildman–Crippen LogP) is 2.96. The van der Waals surface area contributed by atoms with Gasteiger partial charge in [-0.05, 0) is 31.5 Å². The number of benzene rings is 1. The molecule has 9 heteroatoms. The number of anilines is 1. The zero-order valence-electron chi connectivity index (χ0n) is 20.6. The van der Waals surface area contributed by atoms with Crippen molar-refractivity contribution in [3.05, 3.63) is 23.8 Å². The van der Waals surface area contributed by atoms with E-state index in [4.69, 9.17) is 9.47 Å². The number of hydrogen-bond acceptors (Lipinski definition) is 5. The molecule has 1 heterocycles. The first kappa shape index (κ1) is 26.4. The third-order valence-corrected chi connectivity index (χ3v) is 5.84. The fourth-order valence-corrected chi connectivity index (χ4v) is 3.72. The Morgan fingerprint density at radius 2 is 1.94 bits per heavy atom. The number of hydrogen-bond donors (Lipinski definition) is 2. The van der Waals surface area contributed by atoms with Crippen LogP contribution in [-0.4, -0.2) is 80.2 Å². The van der Waals surface area contributed by atoms with Gasteiger partial charge in [0.05, 0.1) is 17.7 Å². The summed E-state index contributed by atoms with van der Waals surface area (Å²) in [7, 11) is 3.33. The van der Waals surface area contributed by atoms with Crippen molar-refractivity contribution in [2.45, 2.75) is 52.7 Å². The second kappa shape index (κ2) is 12.4. The Morgan fingerprint density at radius 3 is 2.58 bits per heavy atom. The molecule has 0 aromatic heterocycles. The van der Waals surface area contributed by atoms with Crippen LogP contribution < -0.4 is 15.4 Å². The molecule has 0 unspecified atom stereocenters. The maximum Gasteiger partial charge on any atom is 0.317 e. The standard InChI is InChI=1S/C24H38N4O5/c1-7-11-25-24(31)28-13-16(3)21(32-6)14-27(5)23(30)19-12-18(26-22(29)8-2)9-10-20(19)33-15-17(28)4/h9-10,12,16-17,21H,7-8,11,13-15H2,1-6H3,(H,25,31)(H,26,29)/t16-,17-,21-/m0/s1. The molecule has 1 aromatic carbocycles. The lowest BCUT2D eigenvalue weighted by atomic mass is 10.0. The van der Waals surface area contributed by atoms with E-state index in [-0.39, 0.29) is 42.5 Å². The molecule has 0 fully saturated rings. The number of urea groups is 1. The highest BCUT2D eigenvalue weighted by atomic mass is 16.5. The summed E-state index contributed by atoms with van der Waals surface area (Å²) in [4.78, 5) is 41.4. The molecule has 0 aliphatic carbocycles. The van der Waals surface area contributed by atoms with E-state index < -0.39 is 0 Å². The van der Waals surface area contributed by atoms with Gasteiger partial charge in [-0.15, -0.1) is 0 Å².